The van der Waals surface area contributed by atoms with Crippen LogP contribution < -0.4 is 0 Å². The molecule has 3 nitrogen and oxygen atoms in total. The zero-order valence-corrected chi connectivity index (χ0v) is 13.2. The Morgan fingerprint density at radius 1 is 1.14 bits per heavy atom. The average molecular weight is 317 g/mol. The maximum Gasteiger partial charge on any atom is 0.264 e. The highest BCUT2D eigenvalue weighted by Crippen LogP contribution is 2.22. The van der Waals surface area contributed by atoms with Crippen LogP contribution in [-0.2, 0) is 13.1 Å². The van der Waals surface area contributed by atoms with Gasteiger partial charge in [-0.05, 0) is 47.5 Å². The summed E-state index contributed by atoms with van der Waals surface area (Å²) in [5.74, 6) is 0.862. The third kappa shape index (κ3) is 3.25. The van der Waals surface area contributed by atoms with Gasteiger partial charge in [-0.15, -0.1) is 22.7 Å². The Morgan fingerprint density at radius 3 is 2.67 bits per heavy atom. The summed E-state index contributed by atoms with van der Waals surface area (Å²) in [5, 5.41) is 3.99. The first kappa shape index (κ1) is 14.1. The van der Waals surface area contributed by atoms with Crippen molar-refractivity contribution >= 4 is 28.6 Å². The fourth-order valence-electron chi connectivity index (χ4n) is 2.12. The van der Waals surface area contributed by atoms with Crippen LogP contribution in [0.15, 0.2) is 51.8 Å². The Kier molecular flexibility index (Phi) is 4.22. The van der Waals surface area contributed by atoms with Crippen LogP contribution in [0.2, 0.25) is 0 Å². The van der Waals surface area contributed by atoms with Crippen LogP contribution in [0.25, 0.3) is 0 Å². The Bertz CT molecular complexity index is 662. The lowest BCUT2D eigenvalue weighted by Crippen LogP contribution is -2.29. The molecule has 0 aliphatic heterocycles. The van der Waals surface area contributed by atoms with E-state index in [4.69, 9.17) is 4.42 Å². The second-order valence-corrected chi connectivity index (χ2v) is 6.70. The van der Waals surface area contributed by atoms with E-state index in [9.17, 15) is 4.79 Å². The first-order chi connectivity index (χ1) is 10.2. The smallest absolute Gasteiger partial charge is 0.264 e. The van der Waals surface area contributed by atoms with Crippen molar-refractivity contribution in [3.05, 3.63) is 68.4 Å². The number of rotatable bonds is 5. The van der Waals surface area contributed by atoms with Crippen molar-refractivity contribution in [2.24, 2.45) is 0 Å². The van der Waals surface area contributed by atoms with Gasteiger partial charge in [0.2, 0.25) is 0 Å². The molecule has 0 spiro atoms. The van der Waals surface area contributed by atoms with Crippen molar-refractivity contribution < 1.29 is 9.21 Å². The molecule has 0 atom stereocenters. The quantitative estimate of drug-likeness (QED) is 0.691. The summed E-state index contributed by atoms with van der Waals surface area (Å²) in [6.07, 6.45) is 1.64. The summed E-state index contributed by atoms with van der Waals surface area (Å²) in [7, 11) is 0. The van der Waals surface area contributed by atoms with Gasteiger partial charge in [-0.25, -0.2) is 0 Å². The number of thiophene rings is 2. The molecule has 3 aromatic rings. The Labute approximate surface area is 131 Å². The summed E-state index contributed by atoms with van der Waals surface area (Å²) >= 11 is 3.15. The standard InChI is InChI=1S/C16H15NO2S2/c1-12-6-9-21-15(12)16(18)17(10-13-4-2-7-19-13)11-14-5-3-8-20-14/h2-9H,10-11H2,1H3. The van der Waals surface area contributed by atoms with Crippen LogP contribution in [0.3, 0.4) is 0 Å². The van der Waals surface area contributed by atoms with Crippen molar-refractivity contribution in [1.82, 2.24) is 4.90 Å². The van der Waals surface area contributed by atoms with Gasteiger partial charge in [0.25, 0.3) is 5.91 Å². The normalized spacial score (nSPS) is 10.7. The molecule has 3 aromatic heterocycles. The minimum absolute atomic E-state index is 0.0623. The van der Waals surface area contributed by atoms with Gasteiger partial charge in [-0.1, -0.05) is 6.07 Å². The minimum atomic E-state index is 0.0623. The number of nitrogens with zero attached hydrogens (tertiary/aromatic N) is 1. The van der Waals surface area contributed by atoms with Crippen molar-refractivity contribution in [3.63, 3.8) is 0 Å². The van der Waals surface area contributed by atoms with Crippen molar-refractivity contribution in [3.8, 4) is 0 Å². The molecule has 0 aromatic carbocycles. The Morgan fingerprint density at radius 2 is 2.05 bits per heavy atom. The minimum Gasteiger partial charge on any atom is -0.467 e. The number of furan rings is 1. The number of hydrogen-bond donors (Lipinski definition) is 0. The van der Waals surface area contributed by atoms with E-state index >= 15 is 0 Å². The molecule has 0 saturated heterocycles. The number of carbonyl (C=O) groups is 1. The highest BCUT2D eigenvalue weighted by Gasteiger charge is 2.20. The monoisotopic (exact) mass is 317 g/mol. The zero-order valence-electron chi connectivity index (χ0n) is 11.6. The van der Waals surface area contributed by atoms with E-state index in [0.717, 1.165) is 16.2 Å². The van der Waals surface area contributed by atoms with Crippen LogP contribution >= 0.6 is 22.7 Å². The van der Waals surface area contributed by atoms with Gasteiger partial charge in [-0.3, -0.25) is 4.79 Å². The predicted octanol–water partition coefficient (Wildman–Crippen LogP) is 4.55. The summed E-state index contributed by atoms with van der Waals surface area (Å²) in [5.41, 5.74) is 1.03. The van der Waals surface area contributed by atoms with E-state index in [2.05, 4.69) is 0 Å². The molecule has 0 N–H and O–H groups in total. The van der Waals surface area contributed by atoms with Gasteiger partial charge in [-0.2, -0.15) is 0 Å². The highest BCUT2D eigenvalue weighted by molar-refractivity contribution is 7.12. The highest BCUT2D eigenvalue weighted by atomic mass is 32.1. The number of amides is 1. The molecule has 108 valence electrons. The molecule has 0 aliphatic carbocycles. The molecule has 5 heteroatoms. The first-order valence-corrected chi connectivity index (χ1v) is 8.38. The van der Waals surface area contributed by atoms with Crippen LogP contribution in [0.4, 0.5) is 0 Å². The van der Waals surface area contributed by atoms with E-state index in [-0.39, 0.29) is 5.91 Å². The molecule has 0 saturated carbocycles. The van der Waals surface area contributed by atoms with E-state index in [1.54, 1.807) is 17.6 Å². The number of carbonyl (C=O) groups excluding carboxylic acids is 1. The fraction of sp³-hybridized carbons (Fsp3) is 0.188. The zero-order chi connectivity index (χ0) is 14.7. The molecule has 0 bridgehead atoms. The molecule has 0 unspecified atom stereocenters. The average Bonchev–Trinajstić information content (AvgIpc) is 3.19. The first-order valence-electron chi connectivity index (χ1n) is 6.62. The number of hydrogen-bond acceptors (Lipinski definition) is 4. The summed E-state index contributed by atoms with van der Waals surface area (Å²) < 4.78 is 5.39. The fourth-order valence-corrected chi connectivity index (χ4v) is 3.73. The lowest BCUT2D eigenvalue weighted by molar-refractivity contribution is 0.0724. The van der Waals surface area contributed by atoms with Gasteiger partial charge in [0, 0.05) is 4.88 Å². The second kappa shape index (κ2) is 6.28. The van der Waals surface area contributed by atoms with E-state index in [1.807, 2.05) is 52.9 Å². The molecule has 0 radical (unpaired) electrons. The van der Waals surface area contributed by atoms with Gasteiger partial charge < -0.3 is 9.32 Å². The SMILES string of the molecule is Cc1ccsc1C(=O)N(Cc1ccco1)Cc1cccs1. The molecular weight excluding hydrogens is 302 g/mol. The topological polar surface area (TPSA) is 33.5 Å². The second-order valence-electron chi connectivity index (χ2n) is 4.75. The van der Waals surface area contributed by atoms with E-state index < -0.39 is 0 Å². The third-order valence-corrected chi connectivity index (χ3v) is 5.06. The largest absolute Gasteiger partial charge is 0.467 e. The van der Waals surface area contributed by atoms with Crippen molar-refractivity contribution in [1.29, 1.82) is 0 Å². The molecule has 3 heterocycles. The molecular formula is C16H15NO2S2. The molecule has 0 fully saturated rings. The van der Waals surface area contributed by atoms with Crippen LogP contribution in [0.1, 0.15) is 25.9 Å². The molecule has 1 amide bonds. The van der Waals surface area contributed by atoms with Crippen molar-refractivity contribution in [2.45, 2.75) is 20.0 Å². The van der Waals surface area contributed by atoms with Crippen molar-refractivity contribution in [2.75, 3.05) is 0 Å². The summed E-state index contributed by atoms with van der Waals surface area (Å²) in [6, 6.07) is 9.78. The molecule has 3 rings (SSSR count). The Hall–Kier alpha value is -1.85. The number of aryl methyl sites for hydroxylation is 1. The van der Waals surface area contributed by atoms with E-state index in [0.29, 0.717) is 13.1 Å². The lowest BCUT2D eigenvalue weighted by Gasteiger charge is -2.20. The Balaban J connectivity index is 1.84. The third-order valence-electron chi connectivity index (χ3n) is 3.20. The van der Waals surface area contributed by atoms with Gasteiger partial charge >= 0.3 is 0 Å². The van der Waals surface area contributed by atoms with Gasteiger partial charge in [0.15, 0.2) is 0 Å². The maximum atomic E-state index is 12.8. The van der Waals surface area contributed by atoms with Crippen LogP contribution in [-0.4, -0.2) is 10.8 Å². The van der Waals surface area contributed by atoms with Crippen LogP contribution in [0.5, 0.6) is 0 Å². The van der Waals surface area contributed by atoms with Crippen LogP contribution in [0, 0.1) is 6.92 Å². The molecule has 0 aliphatic rings. The summed E-state index contributed by atoms with van der Waals surface area (Å²) in [4.78, 5) is 16.6. The maximum absolute atomic E-state index is 12.8. The molecule has 21 heavy (non-hydrogen) atoms. The van der Waals surface area contributed by atoms with Gasteiger partial charge in [0.1, 0.15) is 5.76 Å². The lowest BCUT2D eigenvalue weighted by atomic mass is 10.2. The van der Waals surface area contributed by atoms with E-state index in [1.165, 1.54) is 16.2 Å². The summed E-state index contributed by atoms with van der Waals surface area (Å²) in [6.45, 7) is 3.07. The predicted molar refractivity (Wildman–Crippen MR) is 85.7 cm³/mol. The van der Waals surface area contributed by atoms with Gasteiger partial charge in [0.05, 0.1) is 24.2 Å².